The Hall–Kier alpha value is -6.53. The van der Waals surface area contributed by atoms with Crippen molar-refractivity contribution in [2.75, 3.05) is 0 Å². The van der Waals surface area contributed by atoms with Gasteiger partial charge in [0.15, 0.2) is 0 Å². The minimum Gasteiger partial charge on any atom is -0.491 e. The van der Waals surface area contributed by atoms with E-state index in [2.05, 4.69) is 97.9 Å². The first-order chi connectivity index (χ1) is 34.2. The molecule has 7 aromatic carbocycles. The molecule has 0 amide bonds. The van der Waals surface area contributed by atoms with E-state index in [0.29, 0.717) is 23.7 Å². The van der Waals surface area contributed by atoms with Gasteiger partial charge in [-0.25, -0.2) is 8.78 Å². The number of nitrogens with zero attached hydrogens (tertiary/aromatic N) is 3. The van der Waals surface area contributed by atoms with Crippen LogP contribution in [0, 0.1) is 17.5 Å². The summed E-state index contributed by atoms with van der Waals surface area (Å²) in [5.74, 6) is -2.32. The molecule has 7 heteroatoms. The summed E-state index contributed by atoms with van der Waals surface area (Å²) in [6.45, 7) is 15.2. The largest absolute Gasteiger partial charge is 0.491 e. The number of rotatable bonds is 10. The Bertz CT molecular complexity index is 3510. The van der Waals surface area contributed by atoms with Gasteiger partial charge in [0.2, 0.25) is 5.92 Å². The Labute approximate surface area is 424 Å². The van der Waals surface area contributed by atoms with Crippen LogP contribution < -0.4 is 0 Å². The third-order valence-electron chi connectivity index (χ3n) is 11.8. The summed E-state index contributed by atoms with van der Waals surface area (Å²) in [6, 6.07) is 53.6. The van der Waals surface area contributed by atoms with Crippen LogP contribution in [-0.4, -0.2) is 20.5 Å². The predicted molar refractivity (Wildman–Crippen MR) is 278 cm³/mol. The summed E-state index contributed by atoms with van der Waals surface area (Å²) < 4.78 is 69.5. The topological polar surface area (TPSA) is 43.9 Å². The Balaban J connectivity index is 0.000000300. The van der Waals surface area contributed by atoms with Gasteiger partial charge in [-0.3, -0.25) is 4.98 Å². The van der Waals surface area contributed by atoms with E-state index in [0.717, 1.165) is 61.0 Å². The fourth-order valence-corrected chi connectivity index (χ4v) is 8.80. The average molecular weight is 1090 g/mol. The fourth-order valence-electron chi connectivity index (χ4n) is 8.80. The van der Waals surface area contributed by atoms with Crippen LogP contribution in [0.1, 0.15) is 95.0 Å². The molecule has 0 aliphatic rings. The molecule has 10 aromatic rings. The second kappa shape index (κ2) is 20.2. The molecule has 0 aliphatic heterocycles. The number of pyridine rings is 1. The molecule has 0 spiro atoms. The van der Waals surface area contributed by atoms with Crippen molar-refractivity contribution < 1.29 is 38.8 Å². The summed E-state index contributed by atoms with van der Waals surface area (Å²) in [7, 11) is 0. The first kappa shape index (κ1) is 43.7. The predicted octanol–water partition coefficient (Wildman–Crippen LogP) is 17.3. The number of hydrogen-bond acceptors (Lipinski definition) is 3. The van der Waals surface area contributed by atoms with Gasteiger partial charge >= 0.3 is 0 Å². The molecule has 3 aromatic heterocycles. The fraction of sp³-hybridized carbons (Fsp3) is 0.226. The van der Waals surface area contributed by atoms with Crippen molar-refractivity contribution in [1.29, 1.82) is 0 Å². The molecule has 0 saturated heterocycles. The van der Waals surface area contributed by atoms with Crippen molar-refractivity contribution >= 4 is 32.7 Å². The van der Waals surface area contributed by atoms with Crippen LogP contribution in [0.3, 0.4) is 0 Å². The molecule has 10 rings (SSSR count). The molecule has 0 bridgehead atoms. The van der Waals surface area contributed by atoms with Gasteiger partial charge in [-0.15, -0.1) is 53.4 Å². The van der Waals surface area contributed by atoms with Gasteiger partial charge < -0.3 is 14.0 Å². The normalized spacial score (nSPS) is 13.2. The van der Waals surface area contributed by atoms with Crippen molar-refractivity contribution in [2.24, 2.45) is 5.41 Å². The molecule has 0 atom stereocenters. The molecular formula is C62H57F2IrN3O-2. The smallest absolute Gasteiger partial charge is 0.249 e. The molecule has 0 N–H and O–H groups in total. The van der Waals surface area contributed by atoms with Gasteiger partial charge in [-0.1, -0.05) is 151 Å². The molecule has 69 heavy (non-hydrogen) atoms. The molecule has 0 fully saturated rings. The Morgan fingerprint density at radius 2 is 1.32 bits per heavy atom. The monoisotopic (exact) mass is 1090 g/mol. The maximum Gasteiger partial charge on any atom is 0.249 e. The zero-order valence-corrected chi connectivity index (χ0v) is 42.5. The Morgan fingerprint density at radius 3 is 1.96 bits per heavy atom. The Kier molecular flexibility index (Phi) is 12.8. The molecular weight excluding hydrogens is 1030 g/mol. The number of imidazole rings is 1. The zero-order valence-electron chi connectivity index (χ0n) is 44.1. The van der Waals surface area contributed by atoms with E-state index < -0.39 is 24.1 Å². The van der Waals surface area contributed by atoms with Gasteiger partial charge in [0.25, 0.3) is 0 Å². The van der Waals surface area contributed by atoms with E-state index in [1.54, 1.807) is 18.3 Å². The Morgan fingerprint density at radius 1 is 0.667 bits per heavy atom. The number of furan rings is 1. The SMILES string of the molecule is [2H]C([2H])(c1ccc(-c2[c-]cccc2)nc1)C(C)(C)C.[2H]C([2H])(c1ccc(-c2ccc3c(c2)oc2c(-c4nccn4-c4c(C(C)C)cc(-c5ccccc5)cc4C(C)C)[c-]c4ccccc4c23)cc1)C(C)(F)F.[Ir]. The van der Waals surface area contributed by atoms with E-state index in [4.69, 9.17) is 14.9 Å². The van der Waals surface area contributed by atoms with Gasteiger partial charge in [-0.2, -0.15) is 0 Å². The standard InChI is InChI=1S/C46H39F2N2O.C16H18N.Ir/c1-28(2)38-24-35(31-11-7-6-8-12-31)25-39(29(3)4)43(38)50-22-21-49-45(50)40-23-34-13-9-10-14-36(34)42-37-20-19-33(26-41(37)51-44(40)42)32-17-15-30(16-18-32)27-46(5,47)48;1-16(2,3)11-13-9-10-15(17-12-13)14-7-5-4-6-8-14;/h6-22,24-26,28-29H,27H2,1-5H3;4-7,9-10,12H,11H2,1-3H3;/q2*-1;/i27D2;11D2;. The third-order valence-corrected chi connectivity index (χ3v) is 11.8. The first-order valence-electron chi connectivity index (χ1n) is 25.2. The number of halogens is 2. The van der Waals surface area contributed by atoms with Crippen molar-refractivity contribution in [2.45, 2.75) is 85.9 Å². The van der Waals surface area contributed by atoms with Crippen LogP contribution in [0.15, 0.2) is 169 Å². The number of alkyl halides is 2. The van der Waals surface area contributed by atoms with Gasteiger partial charge in [0, 0.05) is 61.6 Å². The van der Waals surface area contributed by atoms with E-state index >= 15 is 0 Å². The molecule has 0 saturated carbocycles. The quantitative estimate of drug-likeness (QED) is 0.128. The van der Waals surface area contributed by atoms with E-state index in [1.807, 2.05) is 106 Å². The first-order valence-corrected chi connectivity index (χ1v) is 23.2. The van der Waals surface area contributed by atoms with Crippen molar-refractivity contribution in [1.82, 2.24) is 14.5 Å². The van der Waals surface area contributed by atoms with Gasteiger partial charge in [-0.05, 0) is 110 Å². The number of fused-ring (bicyclic) bond motifs is 5. The van der Waals surface area contributed by atoms with Gasteiger partial charge in [0.05, 0.1) is 11.4 Å². The van der Waals surface area contributed by atoms with Crippen LogP contribution in [0.2, 0.25) is 0 Å². The van der Waals surface area contributed by atoms with Gasteiger partial charge in [0.1, 0.15) is 5.58 Å². The van der Waals surface area contributed by atoms with Crippen molar-refractivity contribution in [3.8, 4) is 50.6 Å². The summed E-state index contributed by atoms with van der Waals surface area (Å²) in [5.41, 5.74) is 11.4. The maximum absolute atomic E-state index is 14.0. The van der Waals surface area contributed by atoms with Crippen LogP contribution in [-0.2, 0) is 32.9 Å². The molecule has 0 aliphatic carbocycles. The number of aromatic nitrogens is 3. The van der Waals surface area contributed by atoms with E-state index in [-0.39, 0.29) is 37.5 Å². The minimum absolute atomic E-state index is 0. The van der Waals surface area contributed by atoms with Crippen LogP contribution >= 0.6 is 0 Å². The summed E-state index contributed by atoms with van der Waals surface area (Å²) in [5, 5.41) is 3.86. The van der Waals surface area contributed by atoms with Crippen molar-refractivity contribution in [3.05, 3.63) is 199 Å². The maximum atomic E-state index is 14.0. The number of hydrogen-bond donors (Lipinski definition) is 0. The van der Waals surface area contributed by atoms with E-state index in [1.165, 1.54) is 34.4 Å². The summed E-state index contributed by atoms with van der Waals surface area (Å²) in [4.78, 5) is 9.33. The zero-order chi connectivity index (χ0) is 51.3. The van der Waals surface area contributed by atoms with Crippen LogP contribution in [0.25, 0.3) is 83.3 Å². The van der Waals surface area contributed by atoms with E-state index in [9.17, 15) is 8.78 Å². The molecule has 3 heterocycles. The van der Waals surface area contributed by atoms with Crippen LogP contribution in [0.5, 0.6) is 0 Å². The van der Waals surface area contributed by atoms with Crippen LogP contribution in [0.4, 0.5) is 8.78 Å². The third kappa shape index (κ3) is 10.9. The summed E-state index contributed by atoms with van der Waals surface area (Å²) >= 11 is 0. The second-order valence-corrected chi connectivity index (χ2v) is 19.0. The number of benzene rings is 7. The molecule has 351 valence electrons. The molecule has 0 unspecified atom stereocenters. The second-order valence-electron chi connectivity index (χ2n) is 19.0. The molecule has 1 radical (unpaired) electrons. The average Bonchev–Trinajstić information content (AvgIpc) is 4.01. The molecule has 4 nitrogen and oxygen atoms in total. The van der Waals surface area contributed by atoms with Crippen molar-refractivity contribution in [3.63, 3.8) is 0 Å². The summed E-state index contributed by atoms with van der Waals surface area (Å²) in [6.07, 6.45) is 1.30. The minimum atomic E-state index is -3.52.